The summed E-state index contributed by atoms with van der Waals surface area (Å²) in [5, 5.41) is 0. The summed E-state index contributed by atoms with van der Waals surface area (Å²) in [6.45, 7) is 9.41. The summed E-state index contributed by atoms with van der Waals surface area (Å²) >= 11 is 0. The second kappa shape index (κ2) is 5.71. The molecule has 1 aromatic rings. The van der Waals surface area contributed by atoms with E-state index in [4.69, 9.17) is 15.2 Å². The lowest BCUT2D eigenvalue weighted by atomic mass is 10.0. The third kappa shape index (κ3) is 3.33. The van der Waals surface area contributed by atoms with Gasteiger partial charge in [0.1, 0.15) is 18.2 Å². The van der Waals surface area contributed by atoms with Gasteiger partial charge >= 0.3 is 0 Å². The van der Waals surface area contributed by atoms with E-state index in [0.29, 0.717) is 38.1 Å². The second-order valence-corrected chi connectivity index (χ2v) is 5.22. The highest BCUT2D eigenvalue weighted by Crippen LogP contribution is 2.26. The number of nitrogens with zero attached hydrogens (tertiary/aromatic N) is 3. The van der Waals surface area contributed by atoms with Crippen molar-refractivity contribution in [1.82, 2.24) is 9.97 Å². The third-order valence-corrected chi connectivity index (χ3v) is 3.14. The second-order valence-electron chi connectivity index (χ2n) is 5.22. The van der Waals surface area contributed by atoms with Gasteiger partial charge in [0.25, 0.3) is 0 Å². The first-order valence-electron chi connectivity index (χ1n) is 6.59. The number of nitrogens with two attached hydrogens (primary N) is 1. The fraction of sp³-hybridized carbons (Fsp3) is 0.692. The van der Waals surface area contributed by atoms with E-state index in [0.717, 1.165) is 12.4 Å². The number of anilines is 2. The van der Waals surface area contributed by atoms with Gasteiger partial charge in [0, 0.05) is 19.2 Å². The van der Waals surface area contributed by atoms with E-state index in [2.05, 4.69) is 28.7 Å². The summed E-state index contributed by atoms with van der Waals surface area (Å²) in [5.41, 5.74) is 5.77. The summed E-state index contributed by atoms with van der Waals surface area (Å²) in [6.07, 6.45) is 0. The van der Waals surface area contributed by atoms with Crippen molar-refractivity contribution in [2.75, 3.05) is 37.0 Å². The van der Waals surface area contributed by atoms with Gasteiger partial charge in [-0.2, -0.15) is 0 Å². The zero-order valence-corrected chi connectivity index (χ0v) is 11.8. The molecule has 2 heterocycles. The number of hydrogen-bond donors (Lipinski definition) is 1. The Balaban J connectivity index is 2.25. The molecule has 0 amide bonds. The fourth-order valence-electron chi connectivity index (χ4n) is 2.18. The van der Waals surface area contributed by atoms with Gasteiger partial charge in [-0.1, -0.05) is 0 Å². The van der Waals surface area contributed by atoms with E-state index in [1.807, 2.05) is 13.0 Å². The highest BCUT2D eigenvalue weighted by molar-refractivity contribution is 5.49. The van der Waals surface area contributed by atoms with Crippen LogP contribution in [0.15, 0.2) is 6.07 Å². The maximum atomic E-state index is 5.86. The molecule has 0 atom stereocenters. The van der Waals surface area contributed by atoms with Crippen molar-refractivity contribution in [3.05, 3.63) is 11.9 Å². The van der Waals surface area contributed by atoms with E-state index >= 15 is 0 Å². The predicted molar refractivity (Wildman–Crippen MR) is 74.0 cm³/mol. The normalized spacial score (nSPS) is 18.6. The van der Waals surface area contributed by atoms with Crippen LogP contribution in [0.4, 0.5) is 11.6 Å². The molecule has 0 radical (unpaired) electrons. The van der Waals surface area contributed by atoms with Gasteiger partial charge in [-0.15, -0.1) is 0 Å². The van der Waals surface area contributed by atoms with Crippen molar-refractivity contribution >= 4 is 11.6 Å². The number of ether oxygens (including phenoxy) is 2. The monoisotopic (exact) mass is 266 g/mol. The molecule has 1 aromatic heterocycles. The quantitative estimate of drug-likeness (QED) is 0.883. The number of nitrogen functional groups attached to an aromatic ring is 1. The molecule has 19 heavy (non-hydrogen) atoms. The average molecular weight is 266 g/mol. The number of rotatable bonds is 4. The first kappa shape index (κ1) is 14.0. The van der Waals surface area contributed by atoms with Gasteiger partial charge < -0.3 is 20.1 Å². The number of aromatic nitrogens is 2. The van der Waals surface area contributed by atoms with Crippen LogP contribution in [0.1, 0.15) is 26.6 Å². The molecule has 0 aliphatic carbocycles. The van der Waals surface area contributed by atoms with E-state index in [1.165, 1.54) is 0 Å². The molecule has 0 spiro atoms. The molecule has 0 unspecified atom stereocenters. The Morgan fingerprint density at radius 1 is 1.47 bits per heavy atom. The molecule has 0 aromatic carbocycles. The van der Waals surface area contributed by atoms with E-state index < -0.39 is 0 Å². The highest BCUT2D eigenvalue weighted by Gasteiger charge is 2.31. The Hall–Kier alpha value is -1.40. The van der Waals surface area contributed by atoms with Crippen LogP contribution in [-0.4, -0.2) is 41.9 Å². The molecular weight excluding hydrogens is 244 g/mol. The fourth-order valence-corrected chi connectivity index (χ4v) is 2.18. The van der Waals surface area contributed by atoms with E-state index in [-0.39, 0.29) is 5.54 Å². The molecule has 1 aliphatic heterocycles. The molecule has 6 nitrogen and oxygen atoms in total. The Bertz CT molecular complexity index is 437. The zero-order valence-electron chi connectivity index (χ0n) is 11.8. The van der Waals surface area contributed by atoms with E-state index in [1.54, 1.807) is 0 Å². The van der Waals surface area contributed by atoms with Gasteiger partial charge in [0.05, 0.1) is 18.8 Å². The van der Waals surface area contributed by atoms with Gasteiger partial charge in [-0.3, -0.25) is 0 Å². The summed E-state index contributed by atoms with van der Waals surface area (Å²) in [5.74, 6) is 1.94. The van der Waals surface area contributed by atoms with Crippen molar-refractivity contribution < 1.29 is 9.47 Å². The standard InChI is InChI=1S/C13H22N4O2/c1-4-18-8-11-15-10(14)7-12(16-11)17-5-6-19-9-13(17,2)3/h7H,4-6,8-9H2,1-3H3,(H2,14,15,16). The van der Waals surface area contributed by atoms with Crippen LogP contribution in [0.2, 0.25) is 0 Å². The summed E-state index contributed by atoms with van der Waals surface area (Å²) < 4.78 is 10.9. The van der Waals surface area contributed by atoms with Crippen LogP contribution >= 0.6 is 0 Å². The average Bonchev–Trinajstić information content (AvgIpc) is 2.35. The SMILES string of the molecule is CCOCc1nc(N)cc(N2CCOCC2(C)C)n1. The van der Waals surface area contributed by atoms with Gasteiger partial charge in [0.2, 0.25) is 0 Å². The molecule has 1 saturated heterocycles. The number of morpholine rings is 1. The summed E-state index contributed by atoms with van der Waals surface area (Å²) in [6, 6.07) is 1.81. The molecular formula is C13H22N4O2. The predicted octanol–water partition coefficient (Wildman–Crippen LogP) is 1.21. The van der Waals surface area contributed by atoms with Crippen LogP contribution in [0.3, 0.4) is 0 Å². The highest BCUT2D eigenvalue weighted by atomic mass is 16.5. The van der Waals surface area contributed by atoms with Gasteiger partial charge in [0.15, 0.2) is 5.82 Å². The van der Waals surface area contributed by atoms with Crippen LogP contribution in [-0.2, 0) is 16.1 Å². The van der Waals surface area contributed by atoms with Crippen LogP contribution < -0.4 is 10.6 Å². The molecule has 2 rings (SSSR count). The van der Waals surface area contributed by atoms with Crippen molar-refractivity contribution in [3.63, 3.8) is 0 Å². The largest absolute Gasteiger partial charge is 0.384 e. The maximum Gasteiger partial charge on any atom is 0.158 e. The van der Waals surface area contributed by atoms with Crippen molar-refractivity contribution in [3.8, 4) is 0 Å². The van der Waals surface area contributed by atoms with Gasteiger partial charge in [-0.05, 0) is 20.8 Å². The minimum Gasteiger partial charge on any atom is -0.384 e. The Morgan fingerprint density at radius 3 is 2.95 bits per heavy atom. The maximum absolute atomic E-state index is 5.86. The van der Waals surface area contributed by atoms with E-state index in [9.17, 15) is 0 Å². The lowest BCUT2D eigenvalue weighted by Crippen LogP contribution is -2.53. The minimum absolute atomic E-state index is 0.0953. The topological polar surface area (TPSA) is 73.5 Å². The Labute approximate surface area is 113 Å². The van der Waals surface area contributed by atoms with Crippen LogP contribution in [0, 0.1) is 0 Å². The number of hydrogen-bond acceptors (Lipinski definition) is 6. The van der Waals surface area contributed by atoms with Gasteiger partial charge in [-0.25, -0.2) is 9.97 Å². The Morgan fingerprint density at radius 2 is 2.26 bits per heavy atom. The molecule has 1 fully saturated rings. The summed E-state index contributed by atoms with van der Waals surface area (Å²) in [4.78, 5) is 11.0. The Kier molecular flexibility index (Phi) is 4.21. The first-order chi connectivity index (χ1) is 9.03. The molecule has 6 heteroatoms. The molecule has 0 bridgehead atoms. The van der Waals surface area contributed by atoms with Crippen LogP contribution in [0.5, 0.6) is 0 Å². The van der Waals surface area contributed by atoms with Crippen molar-refractivity contribution in [1.29, 1.82) is 0 Å². The summed E-state index contributed by atoms with van der Waals surface area (Å²) in [7, 11) is 0. The van der Waals surface area contributed by atoms with Crippen molar-refractivity contribution in [2.24, 2.45) is 0 Å². The molecule has 2 N–H and O–H groups in total. The molecule has 0 saturated carbocycles. The third-order valence-electron chi connectivity index (χ3n) is 3.14. The smallest absolute Gasteiger partial charge is 0.158 e. The molecule has 106 valence electrons. The first-order valence-corrected chi connectivity index (χ1v) is 6.59. The zero-order chi connectivity index (χ0) is 13.9. The minimum atomic E-state index is -0.0953. The molecule has 1 aliphatic rings. The van der Waals surface area contributed by atoms with Crippen LogP contribution in [0.25, 0.3) is 0 Å². The lowest BCUT2D eigenvalue weighted by molar-refractivity contribution is 0.0637. The van der Waals surface area contributed by atoms with Crippen molar-refractivity contribution in [2.45, 2.75) is 32.9 Å². The lowest BCUT2D eigenvalue weighted by Gasteiger charge is -2.43.